The molecule has 0 spiro atoms. The zero-order valence-corrected chi connectivity index (χ0v) is 20.8. The Morgan fingerprint density at radius 3 is 2.24 bits per heavy atom. The predicted molar refractivity (Wildman–Crippen MR) is 137 cm³/mol. The van der Waals surface area contributed by atoms with Gasteiger partial charge in [-0.3, -0.25) is 10.1 Å². The van der Waals surface area contributed by atoms with E-state index < -0.39 is 18.0 Å². The zero-order valence-electron chi connectivity index (χ0n) is 20.8. The third-order valence-electron chi connectivity index (χ3n) is 5.80. The zero-order chi connectivity index (χ0) is 26.4. The van der Waals surface area contributed by atoms with E-state index in [1.165, 1.54) is 6.07 Å². The molecule has 3 aromatic carbocycles. The van der Waals surface area contributed by atoms with E-state index in [2.05, 4.69) is 10.5 Å². The van der Waals surface area contributed by atoms with E-state index in [9.17, 15) is 14.0 Å². The first-order valence-electron chi connectivity index (χ1n) is 11.9. The predicted octanol–water partition coefficient (Wildman–Crippen LogP) is 6.87. The van der Waals surface area contributed by atoms with Crippen LogP contribution in [0.4, 0.5) is 14.9 Å². The quantitative estimate of drug-likeness (QED) is 0.264. The summed E-state index contributed by atoms with van der Waals surface area (Å²) >= 11 is 0. The van der Waals surface area contributed by atoms with Crippen molar-refractivity contribution in [3.8, 4) is 22.5 Å². The Bertz CT molecular complexity index is 1380. The molecule has 0 aliphatic heterocycles. The van der Waals surface area contributed by atoms with E-state index >= 15 is 0 Å². The minimum Gasteiger partial charge on any atom is -0.466 e. The highest BCUT2D eigenvalue weighted by molar-refractivity contribution is 5.91. The molecule has 190 valence electrons. The van der Waals surface area contributed by atoms with Crippen molar-refractivity contribution < 1.29 is 28.0 Å². The molecule has 1 heterocycles. The molecule has 1 amide bonds. The largest absolute Gasteiger partial charge is 0.466 e. The lowest BCUT2D eigenvalue weighted by Crippen LogP contribution is -2.17. The number of anilines is 1. The average Bonchev–Trinajstić information content (AvgIpc) is 3.24. The Morgan fingerprint density at radius 2 is 1.59 bits per heavy atom. The van der Waals surface area contributed by atoms with Crippen LogP contribution in [0.3, 0.4) is 0 Å². The van der Waals surface area contributed by atoms with Gasteiger partial charge in [-0.05, 0) is 43.5 Å². The average molecular weight is 503 g/mol. The highest BCUT2D eigenvalue weighted by Gasteiger charge is 2.21. The molecule has 0 radical (unpaired) electrons. The van der Waals surface area contributed by atoms with E-state index in [0.29, 0.717) is 29.3 Å². The van der Waals surface area contributed by atoms with E-state index in [4.69, 9.17) is 14.0 Å². The number of aryl methyl sites for hydroxylation is 1. The summed E-state index contributed by atoms with van der Waals surface area (Å²) in [6, 6.07) is 21.4. The van der Waals surface area contributed by atoms with Crippen molar-refractivity contribution in [3.05, 3.63) is 95.4 Å². The second-order valence-electron chi connectivity index (χ2n) is 8.42. The van der Waals surface area contributed by atoms with Gasteiger partial charge in [-0.15, -0.1) is 0 Å². The van der Waals surface area contributed by atoms with Gasteiger partial charge < -0.3 is 14.0 Å². The Balaban J connectivity index is 1.45. The van der Waals surface area contributed by atoms with Crippen LogP contribution < -0.4 is 5.32 Å². The molecule has 0 unspecified atom stereocenters. The van der Waals surface area contributed by atoms with Gasteiger partial charge >= 0.3 is 12.1 Å². The summed E-state index contributed by atoms with van der Waals surface area (Å²) in [5, 5.41) is 6.66. The fourth-order valence-corrected chi connectivity index (χ4v) is 3.88. The molecule has 0 saturated carbocycles. The molecule has 7 nitrogen and oxygen atoms in total. The third kappa shape index (κ3) is 6.22. The summed E-state index contributed by atoms with van der Waals surface area (Å²) in [5.41, 5.74) is 4.67. The lowest BCUT2D eigenvalue weighted by Gasteiger charge is -2.15. The summed E-state index contributed by atoms with van der Waals surface area (Å²) in [6.07, 6.45) is -1.30. The third-order valence-corrected chi connectivity index (χ3v) is 5.80. The molecule has 0 fully saturated rings. The fourth-order valence-electron chi connectivity index (χ4n) is 3.88. The Labute approximate surface area is 214 Å². The monoisotopic (exact) mass is 502 g/mol. The first-order valence-corrected chi connectivity index (χ1v) is 11.9. The lowest BCUT2D eigenvalue weighted by atomic mass is 10.0. The standard InChI is InChI=1S/C29H27FN2O5/c1-4-35-26(33)17-20-9-11-21(12-10-20)22-13-15-23(16-14-22)28-27(18(2)32-37-28)31-29(34)36-19(3)24-7-5-6-8-25(24)30/h5-16,19H,4,17H2,1-3H3,(H,31,34)/t19-/m1/s1. The number of rotatable bonds is 8. The number of halogens is 1. The van der Waals surface area contributed by atoms with Crippen LogP contribution in [0.5, 0.6) is 0 Å². The molecule has 0 bridgehead atoms. The Kier molecular flexibility index (Phi) is 7.98. The molecular formula is C29H27FN2O5. The van der Waals surface area contributed by atoms with Gasteiger partial charge in [-0.1, -0.05) is 71.9 Å². The number of nitrogens with one attached hydrogen (secondary N) is 1. The number of nitrogens with zero attached hydrogens (tertiary/aromatic N) is 1. The van der Waals surface area contributed by atoms with Gasteiger partial charge in [0.25, 0.3) is 0 Å². The van der Waals surface area contributed by atoms with Crippen molar-refractivity contribution in [2.45, 2.75) is 33.3 Å². The molecule has 4 aromatic rings. The van der Waals surface area contributed by atoms with Crippen LogP contribution >= 0.6 is 0 Å². The number of ether oxygens (including phenoxy) is 2. The maximum Gasteiger partial charge on any atom is 0.412 e. The Hall–Kier alpha value is -4.46. The minimum atomic E-state index is -0.784. The molecule has 1 N–H and O–H groups in total. The van der Waals surface area contributed by atoms with Gasteiger partial charge in [0.2, 0.25) is 0 Å². The first kappa shape index (κ1) is 25.6. The van der Waals surface area contributed by atoms with Crippen LogP contribution in [-0.2, 0) is 20.7 Å². The Morgan fingerprint density at radius 1 is 0.973 bits per heavy atom. The van der Waals surface area contributed by atoms with Crippen molar-refractivity contribution in [2.24, 2.45) is 0 Å². The van der Waals surface area contributed by atoms with Crippen LogP contribution in [0.15, 0.2) is 77.3 Å². The smallest absolute Gasteiger partial charge is 0.412 e. The topological polar surface area (TPSA) is 90.7 Å². The number of carbonyl (C=O) groups excluding carboxylic acids is 2. The highest BCUT2D eigenvalue weighted by Crippen LogP contribution is 2.33. The number of aromatic nitrogens is 1. The minimum absolute atomic E-state index is 0.231. The SMILES string of the molecule is CCOC(=O)Cc1ccc(-c2ccc(-c3onc(C)c3NC(=O)O[C@H](C)c3ccccc3F)cc2)cc1. The molecule has 37 heavy (non-hydrogen) atoms. The molecule has 0 aliphatic carbocycles. The molecule has 0 saturated heterocycles. The summed E-state index contributed by atoms with van der Waals surface area (Å²) in [4.78, 5) is 24.2. The lowest BCUT2D eigenvalue weighted by molar-refractivity contribution is -0.142. The molecular weight excluding hydrogens is 475 g/mol. The maximum absolute atomic E-state index is 14.0. The number of hydrogen-bond acceptors (Lipinski definition) is 6. The molecule has 8 heteroatoms. The maximum atomic E-state index is 14.0. The highest BCUT2D eigenvalue weighted by atomic mass is 19.1. The first-order chi connectivity index (χ1) is 17.9. The van der Waals surface area contributed by atoms with Gasteiger partial charge in [0, 0.05) is 11.1 Å². The molecule has 1 atom stereocenters. The van der Waals surface area contributed by atoms with Gasteiger partial charge in [0.15, 0.2) is 5.76 Å². The van der Waals surface area contributed by atoms with Gasteiger partial charge in [0.1, 0.15) is 23.3 Å². The van der Waals surface area contributed by atoms with Crippen LogP contribution in [0.25, 0.3) is 22.5 Å². The molecule has 0 aliphatic rings. The fraction of sp³-hybridized carbons (Fsp3) is 0.207. The summed E-state index contributed by atoms with van der Waals surface area (Å²) in [6.45, 7) is 5.44. The van der Waals surface area contributed by atoms with Crippen LogP contribution in [0.1, 0.15) is 36.8 Å². The van der Waals surface area contributed by atoms with E-state index in [0.717, 1.165) is 16.7 Å². The van der Waals surface area contributed by atoms with Crippen LogP contribution in [0, 0.1) is 12.7 Å². The molecule has 4 rings (SSSR count). The number of amides is 1. The van der Waals surface area contributed by atoms with Crippen molar-refractivity contribution in [3.63, 3.8) is 0 Å². The van der Waals surface area contributed by atoms with E-state index in [1.54, 1.807) is 39.0 Å². The van der Waals surface area contributed by atoms with Gasteiger partial charge in [-0.2, -0.15) is 0 Å². The van der Waals surface area contributed by atoms with Gasteiger partial charge in [-0.25, -0.2) is 9.18 Å². The molecule has 1 aromatic heterocycles. The number of benzene rings is 3. The van der Waals surface area contributed by atoms with Gasteiger partial charge in [0.05, 0.1) is 13.0 Å². The summed E-state index contributed by atoms with van der Waals surface area (Å²) in [5.74, 6) is -0.320. The van der Waals surface area contributed by atoms with Crippen LogP contribution in [-0.4, -0.2) is 23.8 Å². The van der Waals surface area contributed by atoms with E-state index in [1.807, 2.05) is 48.5 Å². The summed E-state index contributed by atoms with van der Waals surface area (Å²) < 4.78 is 29.9. The van der Waals surface area contributed by atoms with Crippen LogP contribution in [0.2, 0.25) is 0 Å². The number of carbonyl (C=O) groups is 2. The second kappa shape index (κ2) is 11.5. The number of hydrogen-bond donors (Lipinski definition) is 1. The van der Waals surface area contributed by atoms with E-state index in [-0.39, 0.29) is 18.0 Å². The number of esters is 1. The normalized spacial score (nSPS) is 11.6. The van der Waals surface area contributed by atoms with Crippen molar-refractivity contribution in [1.82, 2.24) is 5.16 Å². The van der Waals surface area contributed by atoms with Crippen molar-refractivity contribution in [1.29, 1.82) is 0 Å². The van der Waals surface area contributed by atoms with Crippen molar-refractivity contribution in [2.75, 3.05) is 11.9 Å². The summed E-state index contributed by atoms with van der Waals surface area (Å²) in [7, 11) is 0. The van der Waals surface area contributed by atoms with Crippen molar-refractivity contribution >= 4 is 17.7 Å². The second-order valence-corrected chi connectivity index (χ2v) is 8.42.